The largest absolute Gasteiger partial charge is 0.350 e. The molecule has 3 aromatic rings. The molecule has 120 valence electrons. The zero-order valence-corrected chi connectivity index (χ0v) is 14.1. The summed E-state index contributed by atoms with van der Waals surface area (Å²) in [4.78, 5) is 18.7. The lowest BCUT2D eigenvalue weighted by molar-refractivity contribution is 0.0942. The molecular weight excluding hydrogens is 310 g/mol. The Morgan fingerprint density at radius 1 is 1.48 bits per heavy atom. The monoisotopic (exact) mass is 329 g/mol. The lowest BCUT2D eigenvalue weighted by Gasteiger charge is -2.24. The van der Waals surface area contributed by atoms with Crippen molar-refractivity contribution in [3.63, 3.8) is 0 Å². The lowest BCUT2D eigenvalue weighted by atomic mass is 10.1. The summed E-state index contributed by atoms with van der Waals surface area (Å²) < 4.78 is 0. The number of hydrogen-bond donors (Lipinski definition) is 2. The van der Waals surface area contributed by atoms with E-state index in [2.05, 4.69) is 36.8 Å². The summed E-state index contributed by atoms with van der Waals surface area (Å²) in [5.74, 6) is -0.123. The van der Waals surface area contributed by atoms with Crippen LogP contribution in [0.3, 0.4) is 0 Å². The van der Waals surface area contributed by atoms with Gasteiger partial charge in [0.1, 0.15) is 0 Å². The number of aromatic nitrogens is 3. The highest BCUT2D eigenvalue weighted by atomic mass is 32.1. The third kappa shape index (κ3) is 3.25. The molecular formula is C16H19N5OS. The van der Waals surface area contributed by atoms with E-state index in [-0.39, 0.29) is 11.9 Å². The van der Waals surface area contributed by atoms with Crippen LogP contribution in [0.2, 0.25) is 0 Å². The van der Waals surface area contributed by atoms with Crippen molar-refractivity contribution in [1.29, 1.82) is 0 Å². The summed E-state index contributed by atoms with van der Waals surface area (Å²) >= 11 is 1.66. The zero-order valence-electron chi connectivity index (χ0n) is 13.3. The average Bonchev–Trinajstić information content (AvgIpc) is 3.17. The van der Waals surface area contributed by atoms with Crippen LogP contribution in [-0.4, -0.2) is 46.6 Å². The number of carbonyl (C=O) groups is 1. The van der Waals surface area contributed by atoms with E-state index in [1.165, 1.54) is 5.56 Å². The number of likely N-dealkylation sites (N-methyl/N-ethyl adjacent to an activating group) is 1. The van der Waals surface area contributed by atoms with E-state index >= 15 is 0 Å². The van der Waals surface area contributed by atoms with Crippen molar-refractivity contribution in [3.8, 4) is 0 Å². The van der Waals surface area contributed by atoms with Crippen LogP contribution in [0.5, 0.6) is 0 Å². The van der Waals surface area contributed by atoms with Gasteiger partial charge in [0.25, 0.3) is 5.91 Å². The lowest BCUT2D eigenvalue weighted by Crippen LogP contribution is -2.34. The molecule has 0 spiro atoms. The first-order valence-electron chi connectivity index (χ1n) is 7.33. The molecule has 0 aliphatic carbocycles. The van der Waals surface area contributed by atoms with Gasteiger partial charge in [-0.25, -0.2) is 4.98 Å². The minimum atomic E-state index is -0.123. The fraction of sp³-hybridized carbons (Fsp3) is 0.312. The van der Waals surface area contributed by atoms with E-state index < -0.39 is 0 Å². The third-order valence-corrected chi connectivity index (χ3v) is 4.57. The number of rotatable bonds is 5. The number of amides is 1. The maximum Gasteiger partial charge on any atom is 0.252 e. The summed E-state index contributed by atoms with van der Waals surface area (Å²) in [6.07, 6.45) is 1.56. The van der Waals surface area contributed by atoms with Gasteiger partial charge in [-0.3, -0.25) is 9.89 Å². The number of carbonyl (C=O) groups excluding carboxylic acids is 1. The van der Waals surface area contributed by atoms with Crippen LogP contribution in [0, 0.1) is 6.92 Å². The fourth-order valence-corrected chi connectivity index (χ4v) is 3.21. The van der Waals surface area contributed by atoms with Gasteiger partial charge in [-0.1, -0.05) is 0 Å². The predicted molar refractivity (Wildman–Crippen MR) is 91.7 cm³/mol. The van der Waals surface area contributed by atoms with Crippen LogP contribution >= 0.6 is 11.3 Å². The van der Waals surface area contributed by atoms with Crippen molar-refractivity contribution >= 4 is 28.3 Å². The standard InChI is InChI=1S/C16H19N5OS/c1-10-13-6-12(7-17-15(13)20-19-10)16(22)18-8-14(21(2)3)11-4-5-23-9-11/h4-7,9,14H,8H2,1-3H3,(H,18,22)(H,17,19,20)/t14-/m1/s1. The molecule has 1 amide bonds. The molecule has 0 saturated carbocycles. The summed E-state index contributed by atoms with van der Waals surface area (Å²) in [7, 11) is 4.02. The van der Waals surface area contributed by atoms with E-state index in [0.717, 1.165) is 11.1 Å². The minimum absolute atomic E-state index is 0.123. The molecule has 0 unspecified atom stereocenters. The van der Waals surface area contributed by atoms with Crippen LogP contribution < -0.4 is 5.32 Å². The summed E-state index contributed by atoms with van der Waals surface area (Å²) in [5.41, 5.74) is 3.29. The molecule has 1 atom stereocenters. The summed E-state index contributed by atoms with van der Waals surface area (Å²) in [6, 6.07) is 4.06. The summed E-state index contributed by atoms with van der Waals surface area (Å²) in [6.45, 7) is 2.46. The molecule has 0 aliphatic rings. The maximum atomic E-state index is 12.4. The molecule has 2 N–H and O–H groups in total. The molecule has 0 radical (unpaired) electrons. The molecule has 0 saturated heterocycles. The minimum Gasteiger partial charge on any atom is -0.350 e. The van der Waals surface area contributed by atoms with E-state index in [1.807, 2.05) is 32.5 Å². The quantitative estimate of drug-likeness (QED) is 0.753. The Morgan fingerprint density at radius 3 is 3.00 bits per heavy atom. The zero-order chi connectivity index (χ0) is 16.4. The second kappa shape index (κ2) is 6.47. The van der Waals surface area contributed by atoms with Gasteiger partial charge in [-0.15, -0.1) is 0 Å². The molecule has 3 aromatic heterocycles. The second-order valence-electron chi connectivity index (χ2n) is 5.69. The number of thiophene rings is 1. The Labute approximate surface area is 138 Å². The maximum absolute atomic E-state index is 12.4. The molecule has 7 heteroatoms. The molecule has 0 aromatic carbocycles. The van der Waals surface area contributed by atoms with Gasteiger partial charge in [0.2, 0.25) is 0 Å². The second-order valence-corrected chi connectivity index (χ2v) is 6.47. The van der Waals surface area contributed by atoms with Gasteiger partial charge in [0.05, 0.1) is 11.6 Å². The Balaban J connectivity index is 1.73. The van der Waals surface area contributed by atoms with Crippen molar-refractivity contribution < 1.29 is 4.79 Å². The van der Waals surface area contributed by atoms with Crippen molar-refractivity contribution in [2.75, 3.05) is 20.6 Å². The smallest absolute Gasteiger partial charge is 0.252 e. The molecule has 0 bridgehead atoms. The average molecular weight is 329 g/mol. The Bertz CT molecular complexity index is 809. The highest BCUT2D eigenvalue weighted by molar-refractivity contribution is 7.07. The SMILES string of the molecule is Cc1[nH]nc2ncc(C(=O)NC[C@H](c3ccsc3)N(C)C)cc12. The fourth-order valence-electron chi connectivity index (χ4n) is 2.50. The van der Waals surface area contributed by atoms with Crippen LogP contribution in [0.4, 0.5) is 0 Å². The van der Waals surface area contributed by atoms with E-state index in [4.69, 9.17) is 0 Å². The Kier molecular flexibility index (Phi) is 4.40. The van der Waals surface area contributed by atoms with Crippen molar-refractivity contribution in [3.05, 3.63) is 45.9 Å². The first-order chi connectivity index (χ1) is 11.1. The van der Waals surface area contributed by atoms with Crippen molar-refractivity contribution in [2.45, 2.75) is 13.0 Å². The number of aromatic amines is 1. The van der Waals surface area contributed by atoms with Crippen LogP contribution in [0.25, 0.3) is 11.0 Å². The van der Waals surface area contributed by atoms with Crippen LogP contribution in [-0.2, 0) is 0 Å². The molecule has 6 nitrogen and oxygen atoms in total. The van der Waals surface area contributed by atoms with E-state index in [9.17, 15) is 4.79 Å². The molecule has 3 heterocycles. The summed E-state index contributed by atoms with van der Waals surface area (Å²) in [5, 5.41) is 15.0. The molecule has 0 aliphatic heterocycles. The van der Waals surface area contributed by atoms with Gasteiger partial charge in [-0.2, -0.15) is 16.4 Å². The van der Waals surface area contributed by atoms with Crippen molar-refractivity contribution in [2.24, 2.45) is 0 Å². The number of aryl methyl sites for hydroxylation is 1. The van der Waals surface area contributed by atoms with Crippen molar-refractivity contribution in [1.82, 2.24) is 25.4 Å². The molecule has 3 rings (SSSR count). The molecule has 0 fully saturated rings. The third-order valence-electron chi connectivity index (χ3n) is 3.87. The van der Waals surface area contributed by atoms with E-state index in [1.54, 1.807) is 17.5 Å². The topological polar surface area (TPSA) is 73.9 Å². The highest BCUT2D eigenvalue weighted by Crippen LogP contribution is 2.20. The predicted octanol–water partition coefficient (Wildman–Crippen LogP) is 2.36. The van der Waals surface area contributed by atoms with Gasteiger partial charge in [0, 0.05) is 23.8 Å². The number of fused-ring (bicyclic) bond motifs is 1. The normalized spacial score (nSPS) is 12.7. The van der Waals surface area contributed by atoms with Crippen LogP contribution in [0.1, 0.15) is 27.7 Å². The van der Waals surface area contributed by atoms with Gasteiger partial charge in [0.15, 0.2) is 5.65 Å². The number of H-pyrrole nitrogens is 1. The number of pyridine rings is 1. The van der Waals surface area contributed by atoms with E-state index in [0.29, 0.717) is 17.8 Å². The van der Waals surface area contributed by atoms with Crippen LogP contribution in [0.15, 0.2) is 29.1 Å². The molecule has 23 heavy (non-hydrogen) atoms. The van der Waals surface area contributed by atoms with Gasteiger partial charge >= 0.3 is 0 Å². The number of nitrogens with zero attached hydrogens (tertiary/aromatic N) is 3. The van der Waals surface area contributed by atoms with Gasteiger partial charge in [-0.05, 0) is 49.5 Å². The Morgan fingerprint density at radius 2 is 2.30 bits per heavy atom. The number of nitrogens with one attached hydrogen (secondary N) is 2. The number of hydrogen-bond acceptors (Lipinski definition) is 5. The Hall–Kier alpha value is -2.25. The first kappa shape index (κ1) is 15.6. The highest BCUT2D eigenvalue weighted by Gasteiger charge is 2.17. The van der Waals surface area contributed by atoms with Gasteiger partial charge < -0.3 is 10.2 Å². The first-order valence-corrected chi connectivity index (χ1v) is 8.28.